The van der Waals surface area contributed by atoms with Crippen LogP contribution in [0.3, 0.4) is 0 Å². The molecule has 5 N–H and O–H groups in total. The van der Waals surface area contributed by atoms with E-state index in [-0.39, 0.29) is 0 Å². The molecule has 0 unspecified atom stereocenters. The van der Waals surface area contributed by atoms with Crippen molar-refractivity contribution in [1.82, 2.24) is 0 Å². The number of primary amides is 1. The Morgan fingerprint density at radius 3 is 2.78 bits per heavy atom. The highest BCUT2D eigenvalue weighted by atomic mass is 32.1. The number of nitrogens with one attached hydrogen (secondary N) is 1. The van der Waals surface area contributed by atoms with Gasteiger partial charge in [0.05, 0.1) is 16.0 Å². The van der Waals surface area contributed by atoms with Crippen LogP contribution in [0.2, 0.25) is 0 Å². The summed E-state index contributed by atoms with van der Waals surface area (Å²) in [7, 11) is 0. The summed E-state index contributed by atoms with van der Waals surface area (Å²) in [6.07, 6.45) is 0. The molecule has 0 bridgehead atoms. The minimum Gasteiger partial charge on any atom is -0.397 e. The number of carbonyl (C=O) groups excluding carboxylic acids is 1. The number of amides is 1. The molecule has 0 aliphatic carbocycles. The van der Waals surface area contributed by atoms with Gasteiger partial charge in [-0.1, -0.05) is 17.4 Å². The van der Waals surface area contributed by atoms with Crippen LogP contribution >= 0.6 is 22.7 Å². The van der Waals surface area contributed by atoms with Crippen LogP contribution in [0.5, 0.6) is 0 Å². The number of nitrogen functional groups attached to an aromatic ring is 1. The molecular weight excluding hydrogens is 266 g/mol. The van der Waals surface area contributed by atoms with Gasteiger partial charge in [0.25, 0.3) is 10.7 Å². The number of nitrogens with two attached hydrogens (primary N) is 2. The molecule has 0 saturated carbocycles. The monoisotopic (exact) mass is 276 g/mol. The van der Waals surface area contributed by atoms with E-state index < -0.39 is 5.91 Å². The predicted molar refractivity (Wildman–Crippen MR) is 74.6 cm³/mol. The lowest BCUT2D eigenvalue weighted by molar-refractivity contribution is -0.327. The van der Waals surface area contributed by atoms with Crippen molar-refractivity contribution in [2.45, 2.75) is 0 Å². The zero-order valence-electron chi connectivity index (χ0n) is 9.27. The molecular formula is C12H10N3OS2+. The molecule has 0 aromatic carbocycles. The second kappa shape index (κ2) is 4.08. The van der Waals surface area contributed by atoms with Crippen LogP contribution in [0.15, 0.2) is 29.6 Å². The van der Waals surface area contributed by atoms with Gasteiger partial charge in [-0.25, -0.2) is 0 Å². The summed E-state index contributed by atoms with van der Waals surface area (Å²) in [5, 5.41) is 2.86. The molecule has 3 aromatic rings. The topological polar surface area (TPSA) is 83.2 Å². The number of aromatic amines is 1. The first-order chi connectivity index (χ1) is 8.66. The van der Waals surface area contributed by atoms with Crippen LogP contribution in [-0.2, 0) is 0 Å². The lowest BCUT2D eigenvalue weighted by Crippen LogP contribution is -2.10. The number of anilines is 1. The van der Waals surface area contributed by atoms with Gasteiger partial charge in [-0.2, -0.15) is 4.98 Å². The molecule has 3 aromatic heterocycles. The summed E-state index contributed by atoms with van der Waals surface area (Å²) in [6.45, 7) is 0. The molecule has 18 heavy (non-hydrogen) atoms. The Morgan fingerprint density at radius 1 is 1.28 bits per heavy atom. The van der Waals surface area contributed by atoms with Gasteiger partial charge >= 0.3 is 0 Å². The van der Waals surface area contributed by atoms with Crippen molar-refractivity contribution in [3.63, 3.8) is 0 Å². The molecule has 0 atom stereocenters. The number of aromatic nitrogens is 1. The number of thiophene rings is 2. The third-order valence-electron chi connectivity index (χ3n) is 2.66. The summed E-state index contributed by atoms with van der Waals surface area (Å²) in [4.78, 5) is 17.0. The van der Waals surface area contributed by atoms with Gasteiger partial charge in [-0.3, -0.25) is 4.79 Å². The molecule has 0 aliphatic heterocycles. The van der Waals surface area contributed by atoms with E-state index in [9.17, 15) is 4.79 Å². The number of pyridine rings is 1. The van der Waals surface area contributed by atoms with E-state index in [0.29, 0.717) is 10.6 Å². The average Bonchev–Trinajstić information content (AvgIpc) is 2.97. The third kappa shape index (κ3) is 1.66. The largest absolute Gasteiger partial charge is 0.397 e. The highest BCUT2D eigenvalue weighted by Gasteiger charge is 2.19. The first-order valence-electron chi connectivity index (χ1n) is 5.25. The second-order valence-electron chi connectivity index (χ2n) is 3.80. The minimum absolute atomic E-state index is 0.407. The fraction of sp³-hybridized carbons (Fsp3) is 0. The zero-order valence-corrected chi connectivity index (χ0v) is 10.9. The summed E-state index contributed by atoms with van der Waals surface area (Å²) < 4.78 is 0. The fourth-order valence-electron chi connectivity index (χ4n) is 1.80. The minimum atomic E-state index is -0.486. The number of H-pyrrole nitrogens is 1. The van der Waals surface area contributed by atoms with E-state index in [1.807, 2.05) is 29.6 Å². The second-order valence-corrected chi connectivity index (χ2v) is 5.77. The number of hydrogen-bond donors (Lipinski definition) is 2. The van der Waals surface area contributed by atoms with E-state index in [2.05, 4.69) is 4.98 Å². The van der Waals surface area contributed by atoms with Crippen LogP contribution in [0.1, 0.15) is 9.67 Å². The molecule has 1 amide bonds. The number of rotatable bonds is 2. The van der Waals surface area contributed by atoms with Gasteiger partial charge in [0.15, 0.2) is 0 Å². The first kappa shape index (κ1) is 11.2. The molecule has 4 nitrogen and oxygen atoms in total. The lowest BCUT2D eigenvalue weighted by atomic mass is 10.2. The Balaban J connectivity index is 2.22. The van der Waals surface area contributed by atoms with Gasteiger partial charge in [0.1, 0.15) is 4.88 Å². The van der Waals surface area contributed by atoms with Crippen molar-refractivity contribution < 1.29 is 9.78 Å². The standard InChI is InChI=1S/C12H9N3OS2/c13-9-6-3-4-7(8-2-1-5-17-8)15-12(6)18-10(9)11(14)16/h1-5H,13H2,(H2,14,16)/p+1. The van der Waals surface area contributed by atoms with Crippen LogP contribution in [0.4, 0.5) is 5.69 Å². The van der Waals surface area contributed by atoms with Crippen molar-refractivity contribution in [1.29, 1.82) is 0 Å². The van der Waals surface area contributed by atoms with Gasteiger partial charge in [0.2, 0.25) is 5.69 Å². The van der Waals surface area contributed by atoms with Crippen molar-refractivity contribution >= 4 is 44.5 Å². The molecule has 0 radical (unpaired) electrons. The third-order valence-corrected chi connectivity index (χ3v) is 4.71. The zero-order chi connectivity index (χ0) is 12.7. The molecule has 0 saturated heterocycles. The summed E-state index contributed by atoms with van der Waals surface area (Å²) in [5.41, 5.74) is 12.7. The van der Waals surface area contributed by atoms with Crippen LogP contribution in [0, 0.1) is 0 Å². The van der Waals surface area contributed by atoms with Crippen molar-refractivity contribution in [2.75, 3.05) is 5.73 Å². The van der Waals surface area contributed by atoms with E-state index in [1.165, 1.54) is 11.3 Å². The molecule has 0 aliphatic rings. The SMILES string of the molecule is NC(=O)c1sc2[nH+]c(-c3cccs3)ccc2c1N. The molecule has 0 fully saturated rings. The van der Waals surface area contributed by atoms with Crippen molar-refractivity contribution in [3.8, 4) is 10.6 Å². The lowest BCUT2D eigenvalue weighted by Gasteiger charge is -1.91. The highest BCUT2D eigenvalue weighted by Crippen LogP contribution is 2.32. The van der Waals surface area contributed by atoms with E-state index in [0.717, 1.165) is 20.8 Å². The number of fused-ring (bicyclic) bond motifs is 1. The summed E-state index contributed by atoms with van der Waals surface area (Å²) in [6, 6.07) is 7.91. The smallest absolute Gasteiger partial charge is 0.270 e. The first-order valence-corrected chi connectivity index (χ1v) is 6.94. The van der Waals surface area contributed by atoms with Crippen LogP contribution in [-0.4, -0.2) is 5.91 Å². The summed E-state index contributed by atoms with van der Waals surface area (Å²) >= 11 is 2.95. The molecule has 3 rings (SSSR count). The normalized spacial score (nSPS) is 10.9. The fourth-order valence-corrected chi connectivity index (χ4v) is 3.48. The molecule has 3 heterocycles. The molecule has 90 valence electrons. The van der Waals surface area contributed by atoms with Gasteiger partial charge in [-0.15, -0.1) is 11.3 Å². The quantitative estimate of drug-likeness (QED) is 0.751. The Kier molecular flexibility index (Phi) is 2.53. The maximum absolute atomic E-state index is 11.2. The molecule has 6 heteroatoms. The number of hydrogen-bond acceptors (Lipinski definition) is 4. The van der Waals surface area contributed by atoms with Crippen molar-refractivity contribution in [2.24, 2.45) is 5.73 Å². The van der Waals surface area contributed by atoms with Gasteiger partial charge in [0, 0.05) is 6.07 Å². The molecule has 0 spiro atoms. The highest BCUT2D eigenvalue weighted by molar-refractivity contribution is 7.20. The van der Waals surface area contributed by atoms with Gasteiger partial charge < -0.3 is 11.5 Å². The Bertz CT molecular complexity index is 731. The van der Waals surface area contributed by atoms with Gasteiger partial charge in [-0.05, 0) is 17.5 Å². The number of carbonyl (C=O) groups is 1. The maximum Gasteiger partial charge on any atom is 0.270 e. The Morgan fingerprint density at radius 2 is 2.11 bits per heavy atom. The average molecular weight is 276 g/mol. The Hall–Kier alpha value is -1.92. The maximum atomic E-state index is 11.2. The Labute approximate surface area is 111 Å². The van der Waals surface area contributed by atoms with Crippen LogP contribution < -0.4 is 16.5 Å². The van der Waals surface area contributed by atoms with E-state index >= 15 is 0 Å². The van der Waals surface area contributed by atoms with Crippen LogP contribution in [0.25, 0.3) is 20.8 Å². The van der Waals surface area contributed by atoms with E-state index in [4.69, 9.17) is 11.5 Å². The summed E-state index contributed by atoms with van der Waals surface area (Å²) in [5.74, 6) is -0.486. The van der Waals surface area contributed by atoms with E-state index in [1.54, 1.807) is 11.3 Å². The predicted octanol–water partition coefficient (Wildman–Crippen LogP) is 2.12. The van der Waals surface area contributed by atoms with Crippen molar-refractivity contribution in [3.05, 3.63) is 34.5 Å².